The Kier molecular flexibility index (Phi) is 3.29. The molecule has 1 aromatic rings. The lowest BCUT2D eigenvalue weighted by molar-refractivity contribution is 0.0978. The standard InChI is InChI=1S/C14H17NOSi/c1-17(2,13-10-6-7-11-13)15-14(16)12-8-4-3-5-9-12/h3-10H,11H2,1-2H3,(H,15,16). The van der Waals surface area contributed by atoms with Gasteiger partial charge in [0.05, 0.1) is 0 Å². The second-order valence-electron chi connectivity index (χ2n) is 4.77. The van der Waals surface area contributed by atoms with Gasteiger partial charge < -0.3 is 4.98 Å². The number of carbonyl (C=O) groups is 1. The van der Waals surface area contributed by atoms with Gasteiger partial charge in [0, 0.05) is 5.56 Å². The number of hydrogen-bond acceptors (Lipinski definition) is 1. The lowest BCUT2D eigenvalue weighted by Crippen LogP contribution is -2.49. The molecule has 0 saturated carbocycles. The van der Waals surface area contributed by atoms with E-state index in [1.54, 1.807) is 0 Å². The Morgan fingerprint density at radius 1 is 1.24 bits per heavy atom. The van der Waals surface area contributed by atoms with E-state index in [1.807, 2.05) is 30.3 Å². The Balaban J connectivity index is 2.08. The summed E-state index contributed by atoms with van der Waals surface area (Å²) in [6, 6.07) is 9.39. The van der Waals surface area contributed by atoms with E-state index in [0.717, 1.165) is 12.0 Å². The van der Waals surface area contributed by atoms with Gasteiger partial charge in [-0.2, -0.15) is 0 Å². The van der Waals surface area contributed by atoms with Crippen LogP contribution in [-0.4, -0.2) is 14.1 Å². The minimum atomic E-state index is -1.82. The monoisotopic (exact) mass is 243 g/mol. The van der Waals surface area contributed by atoms with E-state index in [-0.39, 0.29) is 5.91 Å². The van der Waals surface area contributed by atoms with Gasteiger partial charge in [0.2, 0.25) is 5.91 Å². The first-order chi connectivity index (χ1) is 8.09. The Labute approximate surface area is 103 Å². The summed E-state index contributed by atoms with van der Waals surface area (Å²) in [5, 5.41) is 1.38. The van der Waals surface area contributed by atoms with Gasteiger partial charge >= 0.3 is 0 Å². The molecule has 1 amide bonds. The SMILES string of the molecule is C[Si](C)(NC(=O)c1ccccc1)C1=CC=CC1. The summed E-state index contributed by atoms with van der Waals surface area (Å²) < 4.78 is 0. The Morgan fingerprint density at radius 3 is 2.53 bits per heavy atom. The highest BCUT2D eigenvalue weighted by atomic mass is 28.3. The maximum atomic E-state index is 12.1. The average molecular weight is 243 g/mol. The fourth-order valence-corrected chi connectivity index (χ4v) is 3.95. The van der Waals surface area contributed by atoms with Gasteiger partial charge in [-0.15, -0.1) is 0 Å². The molecular weight excluding hydrogens is 226 g/mol. The summed E-state index contributed by atoms with van der Waals surface area (Å²) in [6.45, 7) is 4.35. The fourth-order valence-electron chi connectivity index (χ4n) is 1.94. The van der Waals surface area contributed by atoms with Crippen molar-refractivity contribution in [1.29, 1.82) is 0 Å². The smallest absolute Gasteiger partial charge is 0.243 e. The predicted octanol–water partition coefficient (Wildman–Crippen LogP) is 3.05. The van der Waals surface area contributed by atoms with Crippen molar-refractivity contribution in [3.8, 4) is 0 Å². The molecular formula is C14H17NOSi. The minimum Gasteiger partial charge on any atom is -0.374 e. The number of allylic oxidation sites excluding steroid dienone is 4. The van der Waals surface area contributed by atoms with Crippen LogP contribution in [0.5, 0.6) is 0 Å². The number of benzene rings is 1. The molecule has 0 aromatic heterocycles. The highest BCUT2D eigenvalue weighted by Crippen LogP contribution is 2.21. The molecule has 3 heteroatoms. The molecule has 1 aliphatic carbocycles. The molecule has 17 heavy (non-hydrogen) atoms. The molecule has 0 unspecified atom stereocenters. The van der Waals surface area contributed by atoms with Gasteiger partial charge in [-0.05, 0) is 31.6 Å². The van der Waals surface area contributed by atoms with Crippen molar-refractivity contribution in [2.45, 2.75) is 19.5 Å². The van der Waals surface area contributed by atoms with E-state index in [9.17, 15) is 4.79 Å². The maximum absolute atomic E-state index is 12.1. The quantitative estimate of drug-likeness (QED) is 0.812. The number of rotatable bonds is 3. The molecule has 0 bridgehead atoms. The van der Waals surface area contributed by atoms with E-state index in [0.29, 0.717) is 0 Å². The van der Waals surface area contributed by atoms with Crippen molar-refractivity contribution < 1.29 is 4.79 Å². The van der Waals surface area contributed by atoms with Crippen molar-refractivity contribution in [2.75, 3.05) is 0 Å². The molecule has 0 spiro atoms. The van der Waals surface area contributed by atoms with Gasteiger partial charge in [0.1, 0.15) is 0 Å². The Bertz CT molecular complexity index is 474. The van der Waals surface area contributed by atoms with Crippen LogP contribution in [0.15, 0.2) is 53.8 Å². The molecule has 0 saturated heterocycles. The van der Waals surface area contributed by atoms with Gasteiger partial charge in [-0.1, -0.05) is 41.6 Å². The Hall–Kier alpha value is -1.61. The van der Waals surface area contributed by atoms with Crippen LogP contribution in [0.4, 0.5) is 0 Å². The number of hydrogen-bond donors (Lipinski definition) is 1. The van der Waals surface area contributed by atoms with E-state index in [4.69, 9.17) is 0 Å². The lowest BCUT2D eigenvalue weighted by Gasteiger charge is -2.25. The molecule has 0 heterocycles. The summed E-state index contributed by atoms with van der Waals surface area (Å²) in [5.74, 6) is 0.0371. The number of amides is 1. The third-order valence-electron chi connectivity index (χ3n) is 3.04. The molecule has 0 radical (unpaired) electrons. The second-order valence-corrected chi connectivity index (χ2v) is 8.91. The number of carbonyl (C=O) groups excluding carboxylic acids is 1. The van der Waals surface area contributed by atoms with Crippen LogP contribution < -0.4 is 4.98 Å². The van der Waals surface area contributed by atoms with E-state index in [2.05, 4.69) is 36.3 Å². The summed E-state index contributed by atoms with van der Waals surface area (Å²) in [6.07, 6.45) is 7.32. The van der Waals surface area contributed by atoms with Crippen LogP contribution in [0, 0.1) is 0 Å². The van der Waals surface area contributed by atoms with Crippen LogP contribution in [0.3, 0.4) is 0 Å². The molecule has 1 aromatic carbocycles. The average Bonchev–Trinajstić information content (AvgIpc) is 2.84. The molecule has 88 valence electrons. The van der Waals surface area contributed by atoms with Crippen molar-refractivity contribution in [1.82, 2.24) is 4.98 Å². The molecule has 0 aliphatic heterocycles. The molecule has 0 atom stereocenters. The van der Waals surface area contributed by atoms with Crippen molar-refractivity contribution >= 4 is 14.1 Å². The van der Waals surface area contributed by atoms with Gasteiger partial charge in [0.15, 0.2) is 8.24 Å². The summed E-state index contributed by atoms with van der Waals surface area (Å²) in [4.78, 5) is 15.3. The molecule has 1 aliphatic rings. The zero-order valence-electron chi connectivity index (χ0n) is 10.2. The van der Waals surface area contributed by atoms with Gasteiger partial charge in [0.25, 0.3) is 0 Å². The highest BCUT2D eigenvalue weighted by Gasteiger charge is 2.28. The van der Waals surface area contributed by atoms with Crippen molar-refractivity contribution in [3.63, 3.8) is 0 Å². The molecule has 0 fully saturated rings. The third kappa shape index (κ3) is 2.74. The number of nitrogens with one attached hydrogen (secondary N) is 1. The Morgan fingerprint density at radius 2 is 1.94 bits per heavy atom. The van der Waals surface area contributed by atoms with Crippen LogP contribution >= 0.6 is 0 Å². The van der Waals surface area contributed by atoms with E-state index in [1.165, 1.54) is 5.20 Å². The highest BCUT2D eigenvalue weighted by molar-refractivity contribution is 6.84. The van der Waals surface area contributed by atoms with E-state index < -0.39 is 8.24 Å². The van der Waals surface area contributed by atoms with Crippen LogP contribution in [0.2, 0.25) is 13.1 Å². The van der Waals surface area contributed by atoms with Crippen LogP contribution in [-0.2, 0) is 0 Å². The van der Waals surface area contributed by atoms with Gasteiger partial charge in [-0.3, -0.25) is 4.79 Å². The minimum absolute atomic E-state index is 0.0371. The molecule has 1 N–H and O–H groups in total. The molecule has 2 rings (SSSR count). The third-order valence-corrected chi connectivity index (χ3v) is 5.86. The first-order valence-corrected chi connectivity index (χ1v) is 8.83. The lowest BCUT2D eigenvalue weighted by atomic mass is 10.2. The topological polar surface area (TPSA) is 29.1 Å². The van der Waals surface area contributed by atoms with Gasteiger partial charge in [-0.25, -0.2) is 0 Å². The van der Waals surface area contributed by atoms with Crippen molar-refractivity contribution in [2.24, 2.45) is 0 Å². The predicted molar refractivity (Wildman–Crippen MR) is 73.2 cm³/mol. The first-order valence-electron chi connectivity index (χ1n) is 5.83. The zero-order valence-corrected chi connectivity index (χ0v) is 11.2. The summed E-state index contributed by atoms with van der Waals surface area (Å²) in [5.41, 5.74) is 0.736. The maximum Gasteiger partial charge on any atom is 0.243 e. The van der Waals surface area contributed by atoms with E-state index >= 15 is 0 Å². The summed E-state index contributed by atoms with van der Waals surface area (Å²) in [7, 11) is -1.82. The van der Waals surface area contributed by atoms with Crippen molar-refractivity contribution in [3.05, 3.63) is 59.3 Å². The largest absolute Gasteiger partial charge is 0.374 e. The first kappa shape index (κ1) is 11.9. The zero-order chi connectivity index (χ0) is 12.3. The summed E-state index contributed by atoms with van der Waals surface area (Å²) >= 11 is 0. The normalized spacial score (nSPS) is 14.6. The fraction of sp³-hybridized carbons (Fsp3) is 0.214. The van der Waals surface area contributed by atoms with Crippen LogP contribution in [0.25, 0.3) is 0 Å². The molecule has 2 nitrogen and oxygen atoms in total. The second kappa shape index (κ2) is 4.71. The van der Waals surface area contributed by atoms with Crippen LogP contribution in [0.1, 0.15) is 16.8 Å².